The van der Waals surface area contributed by atoms with Gasteiger partial charge in [0.15, 0.2) is 0 Å². The Morgan fingerprint density at radius 1 is 1.08 bits per heavy atom. The number of carbonyl (C=O) groups is 1. The third kappa shape index (κ3) is 1.64. The van der Waals surface area contributed by atoms with Crippen molar-refractivity contribution < 1.29 is 9.90 Å². The fourth-order valence-electron chi connectivity index (χ4n) is 2.80. The second-order valence-electron chi connectivity index (χ2n) is 4.48. The van der Waals surface area contributed by atoms with Crippen molar-refractivity contribution in [2.45, 2.75) is 38.5 Å². The van der Waals surface area contributed by atoms with Crippen molar-refractivity contribution in [1.29, 1.82) is 0 Å². The molecule has 1 saturated carbocycles. The standard InChI is InChI=1S/C10H17NO2/c12-9(13)11-7-5-10(6-8-11)3-1-2-4-10/h1-8H2,(H,12,13). The summed E-state index contributed by atoms with van der Waals surface area (Å²) in [5, 5.41) is 8.80. The summed E-state index contributed by atoms with van der Waals surface area (Å²) in [4.78, 5) is 12.2. The Morgan fingerprint density at radius 2 is 1.62 bits per heavy atom. The molecule has 74 valence electrons. The van der Waals surface area contributed by atoms with Crippen molar-refractivity contribution in [3.8, 4) is 0 Å². The van der Waals surface area contributed by atoms with Crippen LogP contribution in [0.5, 0.6) is 0 Å². The predicted molar refractivity (Wildman–Crippen MR) is 49.7 cm³/mol. The summed E-state index contributed by atoms with van der Waals surface area (Å²) in [5.74, 6) is 0. The van der Waals surface area contributed by atoms with Crippen LogP contribution in [0.15, 0.2) is 0 Å². The third-order valence-corrected chi connectivity index (χ3v) is 3.76. The largest absolute Gasteiger partial charge is 0.465 e. The van der Waals surface area contributed by atoms with Crippen molar-refractivity contribution in [3.63, 3.8) is 0 Å². The lowest BCUT2D eigenvalue weighted by Crippen LogP contribution is -2.41. The van der Waals surface area contributed by atoms with Crippen LogP contribution in [0.3, 0.4) is 0 Å². The Labute approximate surface area is 78.7 Å². The highest BCUT2D eigenvalue weighted by Gasteiger charge is 2.37. The van der Waals surface area contributed by atoms with Gasteiger partial charge in [0.25, 0.3) is 0 Å². The molecule has 0 atom stereocenters. The van der Waals surface area contributed by atoms with Gasteiger partial charge >= 0.3 is 6.09 Å². The van der Waals surface area contributed by atoms with E-state index in [1.54, 1.807) is 4.90 Å². The molecule has 13 heavy (non-hydrogen) atoms. The first kappa shape index (κ1) is 8.85. The zero-order valence-corrected chi connectivity index (χ0v) is 7.96. The molecule has 2 rings (SSSR count). The fraction of sp³-hybridized carbons (Fsp3) is 0.900. The average molecular weight is 183 g/mol. The van der Waals surface area contributed by atoms with E-state index >= 15 is 0 Å². The number of hydrogen-bond donors (Lipinski definition) is 1. The Balaban J connectivity index is 1.91. The Kier molecular flexibility index (Phi) is 2.18. The molecule has 1 aliphatic carbocycles. The summed E-state index contributed by atoms with van der Waals surface area (Å²) in [7, 11) is 0. The van der Waals surface area contributed by atoms with Crippen molar-refractivity contribution in [2.75, 3.05) is 13.1 Å². The van der Waals surface area contributed by atoms with Crippen LogP contribution >= 0.6 is 0 Å². The van der Waals surface area contributed by atoms with Gasteiger partial charge in [-0.05, 0) is 31.1 Å². The predicted octanol–water partition coefficient (Wildman–Crippen LogP) is 2.32. The lowest BCUT2D eigenvalue weighted by molar-refractivity contribution is 0.0921. The van der Waals surface area contributed by atoms with E-state index in [2.05, 4.69) is 0 Å². The Hall–Kier alpha value is -0.730. The third-order valence-electron chi connectivity index (χ3n) is 3.76. The SMILES string of the molecule is O=C(O)N1CCC2(CCCC2)CC1. The van der Waals surface area contributed by atoms with E-state index in [1.165, 1.54) is 25.7 Å². The van der Waals surface area contributed by atoms with Crippen LogP contribution in [-0.2, 0) is 0 Å². The zero-order chi connectivity index (χ0) is 9.31. The number of rotatable bonds is 0. The van der Waals surface area contributed by atoms with Gasteiger partial charge < -0.3 is 10.0 Å². The molecule has 0 aromatic heterocycles. The number of carboxylic acid groups (broad SMARTS) is 1. The second kappa shape index (κ2) is 3.20. The topological polar surface area (TPSA) is 40.5 Å². The van der Waals surface area contributed by atoms with Crippen LogP contribution in [0.25, 0.3) is 0 Å². The van der Waals surface area contributed by atoms with Gasteiger partial charge in [-0.2, -0.15) is 0 Å². The van der Waals surface area contributed by atoms with Crippen LogP contribution in [0, 0.1) is 5.41 Å². The molecule has 2 aliphatic rings. The van der Waals surface area contributed by atoms with Crippen LogP contribution in [0.1, 0.15) is 38.5 Å². The first-order valence-electron chi connectivity index (χ1n) is 5.20. The highest BCUT2D eigenvalue weighted by Crippen LogP contribution is 2.45. The summed E-state index contributed by atoms with van der Waals surface area (Å²) in [6, 6.07) is 0. The van der Waals surface area contributed by atoms with Crippen molar-refractivity contribution in [2.24, 2.45) is 5.41 Å². The molecule has 1 spiro atoms. The first-order valence-corrected chi connectivity index (χ1v) is 5.20. The van der Waals surface area contributed by atoms with E-state index in [1.807, 2.05) is 0 Å². The lowest BCUT2D eigenvalue weighted by atomic mass is 9.77. The maximum atomic E-state index is 10.7. The van der Waals surface area contributed by atoms with Crippen LogP contribution in [0.2, 0.25) is 0 Å². The summed E-state index contributed by atoms with van der Waals surface area (Å²) in [5.41, 5.74) is 0.534. The maximum Gasteiger partial charge on any atom is 0.407 e. The minimum atomic E-state index is -0.743. The van der Waals surface area contributed by atoms with Gasteiger partial charge in [-0.25, -0.2) is 4.79 Å². The zero-order valence-electron chi connectivity index (χ0n) is 7.96. The van der Waals surface area contributed by atoms with Crippen molar-refractivity contribution >= 4 is 6.09 Å². The number of hydrogen-bond acceptors (Lipinski definition) is 1. The van der Waals surface area contributed by atoms with Gasteiger partial charge in [-0.3, -0.25) is 0 Å². The quantitative estimate of drug-likeness (QED) is 0.626. The molecule has 0 aromatic carbocycles. The molecular formula is C10H17NO2. The van der Waals surface area contributed by atoms with Crippen LogP contribution < -0.4 is 0 Å². The van der Waals surface area contributed by atoms with Crippen molar-refractivity contribution in [3.05, 3.63) is 0 Å². The molecule has 1 aliphatic heterocycles. The number of likely N-dealkylation sites (tertiary alicyclic amines) is 1. The first-order chi connectivity index (χ1) is 6.22. The molecular weight excluding hydrogens is 166 g/mol. The molecule has 3 nitrogen and oxygen atoms in total. The number of amides is 1. The van der Waals surface area contributed by atoms with E-state index < -0.39 is 6.09 Å². The van der Waals surface area contributed by atoms with E-state index in [-0.39, 0.29) is 0 Å². The molecule has 1 saturated heterocycles. The minimum absolute atomic E-state index is 0.534. The van der Waals surface area contributed by atoms with Crippen LogP contribution in [0.4, 0.5) is 4.79 Å². The van der Waals surface area contributed by atoms with Crippen molar-refractivity contribution in [1.82, 2.24) is 4.90 Å². The van der Waals surface area contributed by atoms with E-state index in [0.29, 0.717) is 5.41 Å². The minimum Gasteiger partial charge on any atom is -0.465 e. The fourth-order valence-corrected chi connectivity index (χ4v) is 2.80. The summed E-state index contributed by atoms with van der Waals surface area (Å²) >= 11 is 0. The Bertz CT molecular complexity index is 199. The van der Waals surface area contributed by atoms with Gasteiger partial charge in [0, 0.05) is 13.1 Å². The maximum absolute atomic E-state index is 10.7. The molecule has 0 radical (unpaired) electrons. The highest BCUT2D eigenvalue weighted by molar-refractivity contribution is 5.65. The normalized spacial score (nSPS) is 26.6. The molecule has 0 bridgehead atoms. The molecule has 3 heteroatoms. The lowest BCUT2D eigenvalue weighted by Gasteiger charge is -2.38. The van der Waals surface area contributed by atoms with E-state index in [0.717, 1.165) is 25.9 Å². The molecule has 1 N–H and O–H groups in total. The summed E-state index contributed by atoms with van der Waals surface area (Å²) in [6.45, 7) is 1.52. The van der Waals surface area contributed by atoms with E-state index in [9.17, 15) is 4.79 Å². The monoisotopic (exact) mass is 183 g/mol. The highest BCUT2D eigenvalue weighted by atomic mass is 16.4. The average Bonchev–Trinajstić information content (AvgIpc) is 2.54. The molecule has 1 heterocycles. The van der Waals surface area contributed by atoms with Gasteiger partial charge in [-0.15, -0.1) is 0 Å². The van der Waals surface area contributed by atoms with Crippen LogP contribution in [-0.4, -0.2) is 29.2 Å². The van der Waals surface area contributed by atoms with Gasteiger partial charge in [0.05, 0.1) is 0 Å². The molecule has 0 unspecified atom stereocenters. The second-order valence-corrected chi connectivity index (χ2v) is 4.48. The number of piperidine rings is 1. The molecule has 0 aromatic rings. The summed E-state index contributed by atoms with van der Waals surface area (Å²) in [6.07, 6.45) is 6.83. The summed E-state index contributed by atoms with van der Waals surface area (Å²) < 4.78 is 0. The smallest absolute Gasteiger partial charge is 0.407 e. The molecule has 1 amide bonds. The van der Waals surface area contributed by atoms with Gasteiger partial charge in [0.1, 0.15) is 0 Å². The Morgan fingerprint density at radius 3 is 2.08 bits per heavy atom. The molecule has 2 fully saturated rings. The van der Waals surface area contributed by atoms with Gasteiger partial charge in [0.2, 0.25) is 0 Å². The van der Waals surface area contributed by atoms with E-state index in [4.69, 9.17) is 5.11 Å². The van der Waals surface area contributed by atoms with Gasteiger partial charge in [-0.1, -0.05) is 12.8 Å². The number of nitrogens with zero attached hydrogens (tertiary/aromatic N) is 1.